The van der Waals surface area contributed by atoms with Crippen LogP contribution in [0.3, 0.4) is 0 Å². The van der Waals surface area contributed by atoms with E-state index in [4.69, 9.17) is 9.84 Å². The fraction of sp³-hybridized carbons (Fsp3) is 0.364. The van der Waals surface area contributed by atoms with Crippen LogP contribution in [0.4, 0.5) is 0 Å². The molecule has 1 unspecified atom stereocenters. The highest BCUT2D eigenvalue weighted by Crippen LogP contribution is 2.01. The molecule has 1 rings (SSSR count). The van der Waals surface area contributed by atoms with Crippen molar-refractivity contribution in [1.82, 2.24) is 0 Å². The summed E-state index contributed by atoms with van der Waals surface area (Å²) in [7, 11) is -1.22. The van der Waals surface area contributed by atoms with Crippen molar-refractivity contribution in [3.05, 3.63) is 35.9 Å². The molecule has 1 aromatic carbocycles. The van der Waals surface area contributed by atoms with Gasteiger partial charge in [-0.05, 0) is 5.56 Å². The standard InChI is InChI=1S/C11H14O4S/c12-11(13)6-7-16(14)9-15-8-10-4-2-1-3-5-10/h1-5H,6-9H2,(H,12,13). The molecule has 4 nitrogen and oxygen atoms in total. The van der Waals surface area contributed by atoms with Gasteiger partial charge >= 0.3 is 5.97 Å². The summed E-state index contributed by atoms with van der Waals surface area (Å²) in [6, 6.07) is 9.55. The van der Waals surface area contributed by atoms with Gasteiger partial charge in [0.1, 0.15) is 5.94 Å². The van der Waals surface area contributed by atoms with Gasteiger partial charge in [0.2, 0.25) is 0 Å². The Morgan fingerprint density at radius 3 is 2.62 bits per heavy atom. The third-order valence-corrected chi connectivity index (χ3v) is 2.96. The highest BCUT2D eigenvalue weighted by atomic mass is 32.2. The maximum absolute atomic E-state index is 11.3. The molecule has 88 valence electrons. The summed E-state index contributed by atoms with van der Waals surface area (Å²) in [6.07, 6.45) is -0.0820. The van der Waals surface area contributed by atoms with E-state index in [1.165, 1.54) is 0 Å². The molecule has 0 aliphatic rings. The van der Waals surface area contributed by atoms with Crippen molar-refractivity contribution in [2.75, 3.05) is 11.7 Å². The van der Waals surface area contributed by atoms with Crippen molar-refractivity contribution in [2.45, 2.75) is 13.0 Å². The first-order valence-electron chi connectivity index (χ1n) is 4.87. The van der Waals surface area contributed by atoms with Gasteiger partial charge in [-0.3, -0.25) is 9.00 Å². The number of aliphatic carboxylic acids is 1. The van der Waals surface area contributed by atoms with Gasteiger partial charge in [0, 0.05) is 16.6 Å². The zero-order valence-electron chi connectivity index (χ0n) is 8.80. The molecule has 0 fully saturated rings. The predicted molar refractivity (Wildman–Crippen MR) is 61.4 cm³/mol. The number of carboxylic acid groups (broad SMARTS) is 1. The Balaban J connectivity index is 2.16. The molecule has 1 atom stereocenters. The molecule has 16 heavy (non-hydrogen) atoms. The molecule has 0 bridgehead atoms. The SMILES string of the molecule is O=C(O)CCS(=O)COCc1ccccc1. The van der Waals surface area contributed by atoms with E-state index >= 15 is 0 Å². The van der Waals surface area contributed by atoms with Crippen LogP contribution in [-0.2, 0) is 26.9 Å². The van der Waals surface area contributed by atoms with Gasteiger partial charge in [-0.2, -0.15) is 0 Å². The molecule has 0 spiro atoms. The highest BCUT2D eigenvalue weighted by Gasteiger charge is 2.03. The highest BCUT2D eigenvalue weighted by molar-refractivity contribution is 7.84. The van der Waals surface area contributed by atoms with Gasteiger partial charge in [0.15, 0.2) is 0 Å². The Morgan fingerprint density at radius 1 is 1.31 bits per heavy atom. The Labute approximate surface area is 96.7 Å². The summed E-state index contributed by atoms with van der Waals surface area (Å²) in [5.41, 5.74) is 1.01. The van der Waals surface area contributed by atoms with Gasteiger partial charge in [0.05, 0.1) is 13.0 Å². The number of hydrogen-bond donors (Lipinski definition) is 1. The molecule has 0 saturated carbocycles. The van der Waals surface area contributed by atoms with Crippen molar-refractivity contribution in [3.63, 3.8) is 0 Å². The third-order valence-electron chi connectivity index (χ3n) is 1.87. The van der Waals surface area contributed by atoms with Gasteiger partial charge in [-0.15, -0.1) is 0 Å². The van der Waals surface area contributed by atoms with E-state index < -0.39 is 16.8 Å². The van der Waals surface area contributed by atoms with E-state index in [1.807, 2.05) is 30.3 Å². The lowest BCUT2D eigenvalue weighted by atomic mass is 10.2. The first-order valence-corrected chi connectivity index (χ1v) is 6.35. The topological polar surface area (TPSA) is 63.6 Å². The first kappa shape index (κ1) is 12.9. The molecular formula is C11H14O4S. The minimum atomic E-state index is -1.22. The summed E-state index contributed by atoms with van der Waals surface area (Å²) < 4.78 is 16.5. The lowest BCUT2D eigenvalue weighted by Gasteiger charge is -2.03. The molecule has 0 aliphatic carbocycles. The van der Waals surface area contributed by atoms with Crippen LogP contribution in [0.5, 0.6) is 0 Å². The van der Waals surface area contributed by atoms with Gasteiger partial charge < -0.3 is 9.84 Å². The molecule has 0 amide bonds. The molecule has 0 aliphatic heterocycles. The van der Waals surface area contributed by atoms with Crippen molar-refractivity contribution in [3.8, 4) is 0 Å². The van der Waals surface area contributed by atoms with E-state index in [0.717, 1.165) is 5.56 Å². The Hall–Kier alpha value is -1.20. The average molecular weight is 242 g/mol. The Bertz CT molecular complexity index is 350. The fourth-order valence-corrected chi connectivity index (χ4v) is 1.88. The van der Waals surface area contributed by atoms with Crippen LogP contribution in [0, 0.1) is 0 Å². The van der Waals surface area contributed by atoms with Crippen LogP contribution >= 0.6 is 0 Å². The summed E-state index contributed by atoms with van der Waals surface area (Å²) >= 11 is 0. The predicted octanol–water partition coefficient (Wildman–Crippen LogP) is 1.38. The zero-order valence-corrected chi connectivity index (χ0v) is 9.61. The largest absolute Gasteiger partial charge is 0.481 e. The monoisotopic (exact) mass is 242 g/mol. The number of hydrogen-bond acceptors (Lipinski definition) is 3. The average Bonchev–Trinajstić information content (AvgIpc) is 2.28. The summed E-state index contributed by atoms with van der Waals surface area (Å²) in [6.45, 7) is 0.402. The zero-order chi connectivity index (χ0) is 11.8. The second kappa shape index (κ2) is 7.14. The molecule has 0 saturated heterocycles. The smallest absolute Gasteiger partial charge is 0.304 e. The number of carboxylic acids is 1. The molecule has 0 aromatic heterocycles. The van der Waals surface area contributed by atoms with Crippen LogP contribution in [0.2, 0.25) is 0 Å². The number of benzene rings is 1. The Kier molecular flexibility index (Phi) is 5.74. The quantitative estimate of drug-likeness (QED) is 0.784. The maximum atomic E-state index is 11.3. The number of rotatable bonds is 7. The molecule has 5 heteroatoms. The molecule has 0 heterocycles. The van der Waals surface area contributed by atoms with E-state index in [0.29, 0.717) is 6.61 Å². The van der Waals surface area contributed by atoms with Crippen LogP contribution in [0.15, 0.2) is 30.3 Å². The van der Waals surface area contributed by atoms with Crippen molar-refractivity contribution in [1.29, 1.82) is 0 Å². The second-order valence-electron chi connectivity index (χ2n) is 3.24. The lowest BCUT2D eigenvalue weighted by molar-refractivity contribution is -0.136. The van der Waals surface area contributed by atoms with Gasteiger partial charge in [0.25, 0.3) is 0 Å². The summed E-state index contributed by atoms with van der Waals surface area (Å²) in [5, 5.41) is 8.39. The normalized spacial score (nSPS) is 12.2. The van der Waals surface area contributed by atoms with Gasteiger partial charge in [-0.1, -0.05) is 30.3 Å². The van der Waals surface area contributed by atoms with Crippen LogP contribution < -0.4 is 0 Å². The third kappa shape index (κ3) is 5.63. The second-order valence-corrected chi connectivity index (χ2v) is 4.76. The number of carbonyl (C=O) groups is 1. The maximum Gasteiger partial charge on any atom is 0.304 e. The minimum Gasteiger partial charge on any atom is -0.481 e. The summed E-state index contributed by atoms with van der Waals surface area (Å²) in [5.74, 6) is -0.705. The van der Waals surface area contributed by atoms with E-state index in [-0.39, 0.29) is 18.1 Å². The van der Waals surface area contributed by atoms with Gasteiger partial charge in [-0.25, -0.2) is 0 Å². The molecule has 0 radical (unpaired) electrons. The van der Waals surface area contributed by atoms with Crippen LogP contribution in [0.1, 0.15) is 12.0 Å². The molecule has 1 aromatic rings. The molecule has 1 N–H and O–H groups in total. The van der Waals surface area contributed by atoms with E-state index in [9.17, 15) is 9.00 Å². The van der Waals surface area contributed by atoms with Crippen molar-refractivity contribution in [2.24, 2.45) is 0 Å². The lowest BCUT2D eigenvalue weighted by Crippen LogP contribution is -2.09. The fourth-order valence-electron chi connectivity index (χ4n) is 1.09. The van der Waals surface area contributed by atoms with Crippen molar-refractivity contribution >= 4 is 16.8 Å². The van der Waals surface area contributed by atoms with Crippen molar-refractivity contribution < 1.29 is 18.8 Å². The Morgan fingerprint density at radius 2 is 2.00 bits per heavy atom. The van der Waals surface area contributed by atoms with Crippen LogP contribution in [-0.4, -0.2) is 27.0 Å². The number of ether oxygens (including phenoxy) is 1. The van der Waals surface area contributed by atoms with E-state index in [1.54, 1.807) is 0 Å². The first-order chi connectivity index (χ1) is 7.68. The molecular weight excluding hydrogens is 228 g/mol. The summed E-state index contributed by atoms with van der Waals surface area (Å²) in [4.78, 5) is 10.2. The van der Waals surface area contributed by atoms with E-state index in [2.05, 4.69) is 0 Å². The van der Waals surface area contributed by atoms with Crippen LogP contribution in [0.25, 0.3) is 0 Å². The minimum absolute atomic E-state index is 0.0820.